The van der Waals surface area contributed by atoms with E-state index < -0.39 is 6.04 Å². The van der Waals surface area contributed by atoms with E-state index in [0.717, 1.165) is 25.8 Å². The second-order valence-electron chi connectivity index (χ2n) is 9.73. The van der Waals surface area contributed by atoms with Gasteiger partial charge in [0, 0.05) is 25.8 Å². The first-order valence-electron chi connectivity index (χ1n) is 13.2. The van der Waals surface area contributed by atoms with Gasteiger partial charge in [-0.3, -0.25) is 9.59 Å². The smallest absolute Gasteiger partial charge is 0.242 e. The van der Waals surface area contributed by atoms with Gasteiger partial charge in [0.15, 0.2) is 12.6 Å². The van der Waals surface area contributed by atoms with E-state index in [1.807, 2.05) is 20.0 Å². The number of carbonyl (C=O) groups excluding carboxylic acids is 3. The summed E-state index contributed by atoms with van der Waals surface area (Å²) in [6.07, 6.45) is 7.91. The topological polar surface area (TPSA) is 124 Å². The van der Waals surface area contributed by atoms with Gasteiger partial charge >= 0.3 is 0 Å². The highest BCUT2D eigenvalue weighted by Crippen LogP contribution is 2.31. The molecule has 0 aromatic carbocycles. The van der Waals surface area contributed by atoms with Crippen molar-refractivity contribution in [2.45, 2.75) is 83.8 Å². The van der Waals surface area contributed by atoms with Gasteiger partial charge in [0.1, 0.15) is 11.8 Å². The van der Waals surface area contributed by atoms with Gasteiger partial charge < -0.3 is 39.7 Å². The van der Waals surface area contributed by atoms with Crippen LogP contribution in [0.3, 0.4) is 0 Å². The Labute approximate surface area is 215 Å². The lowest BCUT2D eigenvalue weighted by molar-refractivity contribution is -0.304. The first kappa shape index (κ1) is 30.4. The highest BCUT2D eigenvalue weighted by atomic mass is 16.7. The molecular formula is C26H45N3O7. The van der Waals surface area contributed by atoms with Gasteiger partial charge in [0.05, 0.1) is 31.8 Å². The Kier molecular flexibility index (Phi) is 14.2. The lowest BCUT2D eigenvalue weighted by atomic mass is 9.90. The molecule has 0 aliphatic carbocycles. The quantitative estimate of drug-likeness (QED) is 0.212. The van der Waals surface area contributed by atoms with Crippen LogP contribution in [0.4, 0.5) is 0 Å². The van der Waals surface area contributed by atoms with Crippen LogP contribution < -0.4 is 16.0 Å². The van der Waals surface area contributed by atoms with Crippen molar-refractivity contribution in [3.8, 4) is 0 Å². The SMILES string of the molecule is CC/C=C/CC(=O)NC(CCC(C)=O)C(=O)NCCCC1OCC2(COC(CCCNC)OC2)CO1. The minimum absolute atomic E-state index is 0.0182. The second-order valence-corrected chi connectivity index (χ2v) is 9.73. The summed E-state index contributed by atoms with van der Waals surface area (Å²) in [5.74, 6) is -0.536. The fourth-order valence-corrected chi connectivity index (χ4v) is 4.03. The van der Waals surface area contributed by atoms with E-state index in [9.17, 15) is 14.4 Å². The third-order valence-electron chi connectivity index (χ3n) is 6.23. The molecule has 36 heavy (non-hydrogen) atoms. The van der Waals surface area contributed by atoms with Gasteiger partial charge in [-0.2, -0.15) is 0 Å². The number of rotatable bonds is 16. The van der Waals surface area contributed by atoms with E-state index in [4.69, 9.17) is 18.9 Å². The van der Waals surface area contributed by atoms with Crippen LogP contribution in [0.2, 0.25) is 0 Å². The predicted octanol–water partition coefficient (Wildman–Crippen LogP) is 1.82. The fourth-order valence-electron chi connectivity index (χ4n) is 4.03. The molecular weight excluding hydrogens is 466 g/mol. The number of carbonyl (C=O) groups is 3. The summed E-state index contributed by atoms with van der Waals surface area (Å²) >= 11 is 0. The van der Waals surface area contributed by atoms with Gasteiger partial charge in [0.25, 0.3) is 0 Å². The number of Topliss-reactive ketones (excluding diaryl/α,β-unsaturated/α-hetero) is 1. The molecule has 3 N–H and O–H groups in total. The molecule has 1 atom stereocenters. The van der Waals surface area contributed by atoms with E-state index in [2.05, 4.69) is 16.0 Å². The van der Waals surface area contributed by atoms with E-state index in [-0.39, 0.29) is 54.9 Å². The largest absolute Gasteiger partial charge is 0.354 e. The van der Waals surface area contributed by atoms with Crippen molar-refractivity contribution in [3.63, 3.8) is 0 Å². The number of ketones is 1. The van der Waals surface area contributed by atoms with Crippen LogP contribution in [0.25, 0.3) is 0 Å². The lowest BCUT2D eigenvalue weighted by Crippen LogP contribution is -2.52. The molecule has 0 radical (unpaired) electrons. The van der Waals surface area contributed by atoms with E-state index >= 15 is 0 Å². The van der Waals surface area contributed by atoms with Crippen molar-refractivity contribution < 1.29 is 33.3 Å². The molecule has 2 aliphatic rings. The van der Waals surface area contributed by atoms with E-state index in [0.29, 0.717) is 45.8 Å². The normalized spacial score (nSPS) is 25.1. The Balaban J connectivity index is 1.65. The number of amides is 2. The van der Waals surface area contributed by atoms with Crippen molar-refractivity contribution in [1.29, 1.82) is 0 Å². The molecule has 2 fully saturated rings. The summed E-state index contributed by atoms with van der Waals surface area (Å²) in [5, 5.41) is 8.72. The first-order chi connectivity index (χ1) is 17.4. The van der Waals surface area contributed by atoms with Crippen LogP contribution in [0.5, 0.6) is 0 Å². The second kappa shape index (κ2) is 16.8. The van der Waals surface area contributed by atoms with E-state index in [1.54, 1.807) is 6.08 Å². The molecule has 2 amide bonds. The number of allylic oxidation sites excluding steroid dienone is 1. The summed E-state index contributed by atoms with van der Waals surface area (Å²) in [4.78, 5) is 36.2. The van der Waals surface area contributed by atoms with Crippen LogP contribution in [0, 0.1) is 5.41 Å². The molecule has 10 heteroatoms. The standard InChI is InChI=1S/C26H45N3O7/c1-4-5-6-9-22(31)29-21(13-12-20(2)30)25(32)28-15-8-11-24-35-18-26(19-36-24)16-33-23(34-17-26)10-7-14-27-3/h5-6,21,23-24,27H,4,7-19H2,1-3H3,(H,28,32)(H,29,31)/b6-5+. The molecule has 0 aromatic rings. The van der Waals surface area contributed by atoms with Crippen LogP contribution in [0.1, 0.15) is 65.2 Å². The minimum atomic E-state index is -0.730. The van der Waals surface area contributed by atoms with Crippen LogP contribution in [0.15, 0.2) is 12.2 Å². The fraction of sp³-hybridized carbons (Fsp3) is 0.808. The number of hydrogen-bond acceptors (Lipinski definition) is 8. The summed E-state index contributed by atoms with van der Waals surface area (Å²) in [5.41, 5.74) is -0.265. The third-order valence-corrected chi connectivity index (χ3v) is 6.23. The maximum Gasteiger partial charge on any atom is 0.242 e. The average Bonchev–Trinajstić information content (AvgIpc) is 2.87. The molecule has 2 heterocycles. The maximum absolute atomic E-state index is 12.6. The van der Waals surface area contributed by atoms with Crippen LogP contribution >= 0.6 is 0 Å². The third kappa shape index (κ3) is 11.5. The Morgan fingerprint density at radius 1 is 0.944 bits per heavy atom. The molecule has 0 aromatic heterocycles. The van der Waals surface area contributed by atoms with Crippen molar-refractivity contribution >= 4 is 17.6 Å². The Hall–Kier alpha value is -1.85. The molecule has 2 rings (SSSR count). The zero-order chi connectivity index (χ0) is 26.2. The van der Waals surface area contributed by atoms with Crippen molar-refractivity contribution in [2.75, 3.05) is 46.6 Å². The number of hydrogen-bond donors (Lipinski definition) is 3. The van der Waals surface area contributed by atoms with Gasteiger partial charge in [-0.25, -0.2) is 0 Å². The molecule has 1 unspecified atom stereocenters. The highest BCUT2D eigenvalue weighted by molar-refractivity contribution is 5.88. The molecule has 2 aliphatic heterocycles. The number of nitrogens with one attached hydrogen (secondary N) is 3. The summed E-state index contributed by atoms with van der Waals surface area (Å²) in [7, 11) is 1.93. The van der Waals surface area contributed by atoms with Gasteiger partial charge in [-0.05, 0) is 52.6 Å². The summed E-state index contributed by atoms with van der Waals surface area (Å²) < 4.78 is 23.6. The number of ether oxygens (including phenoxy) is 4. The maximum atomic E-state index is 12.6. The van der Waals surface area contributed by atoms with E-state index in [1.165, 1.54) is 6.92 Å². The molecule has 0 bridgehead atoms. The summed E-state index contributed by atoms with van der Waals surface area (Å²) in [6, 6.07) is -0.730. The predicted molar refractivity (Wildman–Crippen MR) is 135 cm³/mol. The Morgan fingerprint density at radius 3 is 2.06 bits per heavy atom. The monoisotopic (exact) mass is 511 g/mol. The van der Waals surface area contributed by atoms with Crippen molar-refractivity contribution in [2.24, 2.45) is 5.41 Å². The molecule has 10 nitrogen and oxygen atoms in total. The molecule has 2 saturated heterocycles. The highest BCUT2D eigenvalue weighted by Gasteiger charge is 2.41. The zero-order valence-electron chi connectivity index (χ0n) is 22.1. The average molecular weight is 512 g/mol. The first-order valence-corrected chi connectivity index (χ1v) is 13.2. The van der Waals surface area contributed by atoms with Crippen LogP contribution in [-0.4, -0.2) is 82.8 Å². The van der Waals surface area contributed by atoms with Crippen molar-refractivity contribution in [1.82, 2.24) is 16.0 Å². The molecule has 0 saturated carbocycles. The Bertz CT molecular complexity index is 698. The van der Waals surface area contributed by atoms with Crippen molar-refractivity contribution in [3.05, 3.63) is 12.2 Å². The zero-order valence-corrected chi connectivity index (χ0v) is 22.1. The van der Waals surface area contributed by atoms with Gasteiger partial charge in [-0.15, -0.1) is 0 Å². The van der Waals surface area contributed by atoms with Gasteiger partial charge in [-0.1, -0.05) is 19.1 Å². The molecule has 1 spiro atoms. The summed E-state index contributed by atoms with van der Waals surface area (Å²) in [6.45, 7) is 6.97. The van der Waals surface area contributed by atoms with Gasteiger partial charge in [0.2, 0.25) is 11.8 Å². The lowest BCUT2D eigenvalue weighted by Gasteiger charge is -2.43. The molecule has 206 valence electrons. The Morgan fingerprint density at radius 2 is 1.53 bits per heavy atom. The minimum Gasteiger partial charge on any atom is -0.354 e. The van der Waals surface area contributed by atoms with Crippen LogP contribution in [-0.2, 0) is 33.3 Å².